The molecule has 2 saturated carbocycles. The van der Waals surface area contributed by atoms with Gasteiger partial charge in [-0.2, -0.15) is 0 Å². The Kier molecular flexibility index (Phi) is 6.81. The number of ether oxygens (including phenoxy) is 2. The highest BCUT2D eigenvalue weighted by Gasteiger charge is 2.53. The van der Waals surface area contributed by atoms with Crippen LogP contribution in [0.2, 0.25) is 0 Å². The predicted molar refractivity (Wildman–Crippen MR) is 103 cm³/mol. The number of carbonyl (C=O) groups is 1. The molecule has 1 heterocycles. The highest BCUT2D eigenvalue weighted by atomic mass is 19.1. The maximum absolute atomic E-state index is 15.0. The summed E-state index contributed by atoms with van der Waals surface area (Å²) in [6.07, 6.45) is 8.49. The molecule has 2 aliphatic carbocycles. The number of aliphatic hydroxyl groups excluding tert-OH is 2. The Bertz CT molecular complexity index is 610. The van der Waals surface area contributed by atoms with Gasteiger partial charge in [0.1, 0.15) is 11.9 Å². The zero-order chi connectivity index (χ0) is 20.3. The minimum Gasteiger partial charge on any atom is -0.491 e. The van der Waals surface area contributed by atoms with Crippen molar-refractivity contribution in [2.24, 2.45) is 17.3 Å². The normalized spacial score (nSPS) is 36.6. The fourth-order valence-corrected chi connectivity index (χ4v) is 4.95. The molecule has 6 atom stereocenters. The summed E-state index contributed by atoms with van der Waals surface area (Å²) in [5, 5.41) is 21.0. The molecule has 5 nitrogen and oxygen atoms in total. The maximum atomic E-state index is 15.0. The van der Waals surface area contributed by atoms with Gasteiger partial charge in [0.25, 0.3) is 0 Å². The summed E-state index contributed by atoms with van der Waals surface area (Å²) >= 11 is 0. The summed E-state index contributed by atoms with van der Waals surface area (Å²) in [6, 6.07) is 0. The number of hydrogen-bond acceptors (Lipinski definition) is 5. The summed E-state index contributed by atoms with van der Waals surface area (Å²) < 4.78 is 25.4. The van der Waals surface area contributed by atoms with Crippen LogP contribution in [0.4, 0.5) is 4.39 Å². The van der Waals surface area contributed by atoms with Crippen LogP contribution in [0.3, 0.4) is 0 Å². The molecule has 0 aromatic rings. The summed E-state index contributed by atoms with van der Waals surface area (Å²) in [6.45, 7) is 2.09. The van der Waals surface area contributed by atoms with Crippen LogP contribution < -0.4 is 0 Å². The first kappa shape index (κ1) is 21.3. The van der Waals surface area contributed by atoms with Crippen molar-refractivity contribution >= 4 is 5.97 Å². The third-order valence-corrected chi connectivity index (χ3v) is 6.82. The second-order valence-corrected chi connectivity index (χ2v) is 8.78. The van der Waals surface area contributed by atoms with Crippen LogP contribution in [0, 0.1) is 17.3 Å². The van der Waals surface area contributed by atoms with Crippen LogP contribution in [0.15, 0.2) is 24.0 Å². The van der Waals surface area contributed by atoms with E-state index in [2.05, 4.69) is 11.7 Å². The molecule has 2 N–H and O–H groups in total. The average molecular weight is 396 g/mol. The maximum Gasteiger partial charge on any atom is 0.305 e. The number of aliphatic hydroxyl groups is 2. The lowest BCUT2D eigenvalue weighted by molar-refractivity contribution is -0.140. The average Bonchev–Trinajstić information content (AvgIpc) is 3.33. The molecule has 1 aliphatic heterocycles. The van der Waals surface area contributed by atoms with E-state index in [1.807, 2.05) is 0 Å². The molecular formula is C22H33FO5. The smallest absolute Gasteiger partial charge is 0.305 e. The van der Waals surface area contributed by atoms with Crippen molar-refractivity contribution in [1.82, 2.24) is 0 Å². The fraction of sp³-hybridized carbons (Fsp3) is 0.773. The Labute approximate surface area is 166 Å². The van der Waals surface area contributed by atoms with E-state index in [0.717, 1.165) is 25.7 Å². The summed E-state index contributed by atoms with van der Waals surface area (Å²) in [5.74, 6) is -0.752. The molecule has 3 rings (SSSR count). The van der Waals surface area contributed by atoms with Crippen molar-refractivity contribution in [3.63, 3.8) is 0 Å². The zero-order valence-electron chi connectivity index (χ0n) is 16.9. The van der Waals surface area contributed by atoms with Crippen LogP contribution in [0.5, 0.6) is 0 Å². The minimum absolute atomic E-state index is 0.120. The molecule has 3 aliphatic rings. The molecule has 0 radical (unpaired) electrons. The van der Waals surface area contributed by atoms with Gasteiger partial charge in [-0.25, -0.2) is 4.39 Å². The van der Waals surface area contributed by atoms with Crippen LogP contribution in [-0.2, 0) is 14.3 Å². The number of rotatable bonds is 7. The third kappa shape index (κ3) is 4.43. The molecule has 0 aromatic carbocycles. The van der Waals surface area contributed by atoms with Gasteiger partial charge in [-0.3, -0.25) is 4.79 Å². The van der Waals surface area contributed by atoms with Gasteiger partial charge < -0.3 is 19.7 Å². The van der Waals surface area contributed by atoms with E-state index in [4.69, 9.17) is 4.74 Å². The first-order valence-corrected chi connectivity index (χ1v) is 10.5. The summed E-state index contributed by atoms with van der Waals surface area (Å²) in [5.41, 5.74) is -0.120. The Morgan fingerprint density at radius 1 is 1.43 bits per heavy atom. The second kappa shape index (κ2) is 8.95. The molecule has 0 spiro atoms. The molecule has 3 fully saturated rings. The lowest BCUT2D eigenvalue weighted by Gasteiger charge is -2.28. The lowest BCUT2D eigenvalue weighted by Crippen LogP contribution is -2.29. The highest BCUT2D eigenvalue weighted by molar-refractivity contribution is 5.69. The molecule has 0 bridgehead atoms. The fourth-order valence-electron chi connectivity index (χ4n) is 4.95. The van der Waals surface area contributed by atoms with Crippen LogP contribution in [0.25, 0.3) is 0 Å². The predicted octanol–water partition coefficient (Wildman–Crippen LogP) is 3.44. The number of methoxy groups -OCH3 is 1. The lowest BCUT2D eigenvalue weighted by atomic mass is 9.81. The van der Waals surface area contributed by atoms with Crippen molar-refractivity contribution in [3.05, 3.63) is 24.0 Å². The molecule has 28 heavy (non-hydrogen) atoms. The van der Waals surface area contributed by atoms with Crippen LogP contribution in [0.1, 0.15) is 58.3 Å². The van der Waals surface area contributed by atoms with Crippen molar-refractivity contribution in [2.45, 2.75) is 82.8 Å². The largest absolute Gasteiger partial charge is 0.491 e. The van der Waals surface area contributed by atoms with Gasteiger partial charge >= 0.3 is 5.97 Å². The number of unbranched alkanes of at least 4 members (excludes halogenated alkanes) is 1. The van der Waals surface area contributed by atoms with E-state index < -0.39 is 24.3 Å². The number of esters is 1. The van der Waals surface area contributed by atoms with E-state index in [-0.39, 0.29) is 23.4 Å². The highest BCUT2D eigenvalue weighted by Crippen LogP contribution is 2.48. The number of alkyl halides is 1. The standard InChI is InChI=1S/C22H33FO5/c1-22(11-5-6-12-22)18(25)10-9-14-15(24)13-17-20(14)21(23)16(28-17)7-3-4-8-19(26)27-2/h7,9-10,14-15,17-18,20-21,24-25H,3-6,8,11-13H2,1-2H3. The molecular weight excluding hydrogens is 363 g/mol. The second-order valence-electron chi connectivity index (χ2n) is 8.78. The third-order valence-electron chi connectivity index (χ3n) is 6.82. The van der Waals surface area contributed by atoms with Crippen LogP contribution in [-0.4, -0.2) is 47.8 Å². The first-order valence-electron chi connectivity index (χ1n) is 10.5. The van der Waals surface area contributed by atoms with Crippen LogP contribution >= 0.6 is 0 Å². The number of carbonyl (C=O) groups excluding carboxylic acids is 1. The Hall–Kier alpha value is -1.40. The Balaban J connectivity index is 1.60. The van der Waals surface area contributed by atoms with E-state index >= 15 is 4.39 Å². The van der Waals surface area contributed by atoms with Gasteiger partial charge in [0.2, 0.25) is 0 Å². The topological polar surface area (TPSA) is 76.0 Å². The number of hydrogen-bond donors (Lipinski definition) is 2. The number of allylic oxidation sites excluding steroid dienone is 2. The van der Waals surface area contributed by atoms with Gasteiger partial charge in [0.05, 0.1) is 19.3 Å². The monoisotopic (exact) mass is 396 g/mol. The molecule has 6 heteroatoms. The van der Waals surface area contributed by atoms with Gasteiger partial charge in [-0.15, -0.1) is 0 Å². The van der Waals surface area contributed by atoms with E-state index in [0.29, 0.717) is 31.4 Å². The Morgan fingerprint density at radius 3 is 2.82 bits per heavy atom. The molecule has 158 valence electrons. The van der Waals surface area contributed by atoms with Crippen molar-refractivity contribution in [3.8, 4) is 0 Å². The minimum atomic E-state index is -1.27. The van der Waals surface area contributed by atoms with Gasteiger partial charge in [0.15, 0.2) is 6.17 Å². The van der Waals surface area contributed by atoms with E-state index in [1.165, 1.54) is 7.11 Å². The zero-order valence-corrected chi connectivity index (χ0v) is 16.9. The summed E-state index contributed by atoms with van der Waals surface area (Å²) in [7, 11) is 1.35. The van der Waals surface area contributed by atoms with Gasteiger partial charge in [-0.1, -0.05) is 31.9 Å². The molecule has 6 unspecified atom stereocenters. The van der Waals surface area contributed by atoms with Crippen molar-refractivity contribution in [1.29, 1.82) is 0 Å². The molecule has 0 amide bonds. The quantitative estimate of drug-likeness (QED) is 0.392. The van der Waals surface area contributed by atoms with E-state index in [1.54, 1.807) is 18.2 Å². The van der Waals surface area contributed by atoms with Gasteiger partial charge in [-0.05, 0) is 37.2 Å². The SMILES string of the molecule is COC(=O)CCCC=C1OC2CC(O)C(C=CC(O)C3(C)CCCC3)C2C1F. The first-order chi connectivity index (χ1) is 13.4. The van der Waals surface area contributed by atoms with Gasteiger partial charge in [0, 0.05) is 24.7 Å². The van der Waals surface area contributed by atoms with Crippen molar-refractivity contribution < 1.29 is 28.9 Å². The van der Waals surface area contributed by atoms with Crippen molar-refractivity contribution in [2.75, 3.05) is 7.11 Å². The summed E-state index contributed by atoms with van der Waals surface area (Å²) in [4.78, 5) is 11.2. The molecule has 0 aromatic heterocycles. The Morgan fingerprint density at radius 2 is 2.14 bits per heavy atom. The molecule has 1 saturated heterocycles. The number of halogens is 1. The van der Waals surface area contributed by atoms with E-state index in [9.17, 15) is 15.0 Å². The number of fused-ring (bicyclic) bond motifs is 1.